The zero-order valence-corrected chi connectivity index (χ0v) is 29.2. The third-order valence-corrected chi connectivity index (χ3v) is 6.90. The number of carboxylic acid groups (broad SMARTS) is 2. The highest BCUT2D eigenvalue weighted by Crippen LogP contribution is 2.34. The van der Waals surface area contributed by atoms with Crippen LogP contribution in [0.25, 0.3) is 0 Å². The molecule has 0 saturated heterocycles. The maximum absolute atomic E-state index is 12.7. The van der Waals surface area contributed by atoms with Gasteiger partial charge in [0.2, 0.25) is 12.3 Å². The largest absolute Gasteiger partial charge is 0.490 e. The van der Waals surface area contributed by atoms with Crippen molar-refractivity contribution in [2.45, 2.75) is 33.7 Å². The van der Waals surface area contributed by atoms with E-state index < -0.39 is 23.4 Å². The summed E-state index contributed by atoms with van der Waals surface area (Å²) in [7, 11) is 4.96. The van der Waals surface area contributed by atoms with Crippen LogP contribution in [0.1, 0.15) is 55.2 Å². The standard InChI is InChI=1S/C33H41N7O6.C2H4O2/c1-7-45-27-18-22(14-17-26(27)46-19-33(2,3)32(44)39(4)5)28(37-23-15-12-21(13-16-23)29(34)35)30(36-20-41)38-40(6)25-11-9-8-10-24(25)31(42)43;1-2(3)4/h8-18,20,28,37H,7,19H2,1-6H3,(H3,34,35)(H,42,43)(H,36,38,41);1H3,(H,3,4). The molecular formula is C35H45N7O8. The summed E-state index contributed by atoms with van der Waals surface area (Å²) >= 11 is 0. The number of hydrogen-bond donors (Lipinski definition) is 6. The fourth-order valence-corrected chi connectivity index (χ4v) is 4.62. The Morgan fingerprint density at radius 3 is 2.16 bits per heavy atom. The van der Waals surface area contributed by atoms with Crippen molar-refractivity contribution in [1.82, 2.24) is 10.2 Å². The highest BCUT2D eigenvalue weighted by Gasteiger charge is 2.31. The van der Waals surface area contributed by atoms with E-state index in [0.717, 1.165) is 6.92 Å². The van der Waals surface area contributed by atoms with Gasteiger partial charge in [-0.1, -0.05) is 18.2 Å². The molecule has 0 fully saturated rings. The Bertz CT molecular complexity index is 1690. The first kappa shape index (κ1) is 40.1. The quantitative estimate of drug-likeness (QED) is 0.0579. The van der Waals surface area contributed by atoms with Crippen molar-refractivity contribution in [3.05, 3.63) is 83.4 Å². The van der Waals surface area contributed by atoms with Gasteiger partial charge >= 0.3 is 5.97 Å². The van der Waals surface area contributed by atoms with Crippen LogP contribution >= 0.6 is 0 Å². The first-order chi connectivity index (χ1) is 23.5. The summed E-state index contributed by atoms with van der Waals surface area (Å²) < 4.78 is 12.0. The van der Waals surface area contributed by atoms with Crippen LogP contribution < -0.4 is 30.8 Å². The van der Waals surface area contributed by atoms with Crippen LogP contribution in [0.3, 0.4) is 0 Å². The number of nitrogen functional groups attached to an aromatic ring is 1. The monoisotopic (exact) mass is 691 g/mol. The number of anilines is 2. The summed E-state index contributed by atoms with van der Waals surface area (Å²) in [6.07, 6.45) is 0.480. The molecule has 0 aromatic heterocycles. The molecule has 15 nitrogen and oxygen atoms in total. The molecule has 0 bridgehead atoms. The van der Waals surface area contributed by atoms with Crippen LogP contribution in [-0.4, -0.2) is 85.4 Å². The normalized spacial score (nSPS) is 11.5. The van der Waals surface area contributed by atoms with Gasteiger partial charge in [-0.15, -0.1) is 0 Å². The molecule has 3 rings (SSSR count). The van der Waals surface area contributed by atoms with Crippen molar-refractivity contribution < 1.29 is 38.9 Å². The number of para-hydroxylation sites is 1. The lowest BCUT2D eigenvalue weighted by atomic mass is 9.93. The molecule has 3 aromatic rings. The Kier molecular flexibility index (Phi) is 14.8. The average molecular weight is 692 g/mol. The number of hydrazone groups is 1. The molecule has 0 heterocycles. The van der Waals surface area contributed by atoms with E-state index in [-0.39, 0.29) is 29.7 Å². The molecule has 0 radical (unpaired) electrons. The first-order valence-corrected chi connectivity index (χ1v) is 15.4. The van der Waals surface area contributed by atoms with Gasteiger partial charge < -0.3 is 41.0 Å². The Labute approximate surface area is 291 Å². The fourth-order valence-electron chi connectivity index (χ4n) is 4.62. The van der Waals surface area contributed by atoms with E-state index in [2.05, 4.69) is 15.7 Å². The second-order valence-corrected chi connectivity index (χ2v) is 11.7. The predicted octanol–water partition coefficient (Wildman–Crippen LogP) is 4.00. The number of rotatable bonds is 15. The molecule has 1 unspecified atom stereocenters. The number of ether oxygens (including phenoxy) is 2. The van der Waals surface area contributed by atoms with Crippen LogP contribution in [0.2, 0.25) is 0 Å². The van der Waals surface area contributed by atoms with Crippen LogP contribution in [0, 0.1) is 10.8 Å². The molecule has 7 N–H and O–H groups in total. The summed E-state index contributed by atoms with van der Waals surface area (Å²) in [5.41, 5.74) is 6.92. The number of nitrogens with zero attached hydrogens (tertiary/aromatic N) is 3. The van der Waals surface area contributed by atoms with Crippen LogP contribution in [0.5, 0.6) is 11.5 Å². The number of aromatic carboxylic acids is 1. The lowest BCUT2D eigenvalue weighted by molar-refractivity contribution is -0.139. The Morgan fingerprint density at radius 1 is 1.00 bits per heavy atom. The molecule has 50 heavy (non-hydrogen) atoms. The second kappa shape index (κ2) is 18.4. The number of carboxylic acids is 2. The SMILES string of the molecule is CC(=O)O.CCOc1cc(C(Nc2ccc(C(=N)N)cc2)/C(=N/N(C)c2ccccc2C(=O)O)NC=O)ccc1OCC(C)(C)C(=O)N(C)C. The Balaban J connectivity index is 0.00000205. The minimum Gasteiger partial charge on any atom is -0.490 e. The molecule has 1 atom stereocenters. The predicted molar refractivity (Wildman–Crippen MR) is 191 cm³/mol. The van der Waals surface area contributed by atoms with E-state index in [0.29, 0.717) is 47.0 Å². The average Bonchev–Trinajstić information content (AvgIpc) is 3.06. The number of amidine groups is 2. The number of benzene rings is 3. The zero-order chi connectivity index (χ0) is 37.6. The second-order valence-electron chi connectivity index (χ2n) is 11.7. The lowest BCUT2D eigenvalue weighted by Crippen LogP contribution is -2.40. The number of amides is 2. The minimum atomic E-state index is -1.13. The maximum Gasteiger partial charge on any atom is 0.337 e. The van der Waals surface area contributed by atoms with E-state index in [9.17, 15) is 19.5 Å². The summed E-state index contributed by atoms with van der Waals surface area (Å²) in [5, 5.41) is 36.9. The van der Waals surface area contributed by atoms with Crippen molar-refractivity contribution in [2.75, 3.05) is 44.7 Å². The number of nitrogens with one attached hydrogen (secondary N) is 3. The van der Waals surface area contributed by atoms with Crippen LogP contribution in [0.15, 0.2) is 71.8 Å². The lowest BCUT2D eigenvalue weighted by Gasteiger charge is -2.28. The smallest absolute Gasteiger partial charge is 0.337 e. The van der Waals surface area contributed by atoms with E-state index >= 15 is 0 Å². The van der Waals surface area contributed by atoms with E-state index in [1.165, 1.54) is 16.0 Å². The highest BCUT2D eigenvalue weighted by molar-refractivity contribution is 5.99. The Morgan fingerprint density at radius 2 is 1.62 bits per heavy atom. The minimum absolute atomic E-state index is 0.0272. The Hall–Kier alpha value is -6.12. The maximum atomic E-state index is 12.7. The van der Waals surface area contributed by atoms with Crippen molar-refractivity contribution in [3.8, 4) is 11.5 Å². The number of aliphatic carboxylic acids is 1. The van der Waals surface area contributed by atoms with E-state index in [1.807, 2.05) is 6.92 Å². The molecule has 2 amide bonds. The fraction of sp³-hybridized carbons (Fsp3) is 0.314. The molecule has 0 spiro atoms. The van der Waals surface area contributed by atoms with Crippen molar-refractivity contribution in [2.24, 2.45) is 16.3 Å². The van der Waals surface area contributed by atoms with Crippen LogP contribution in [0.4, 0.5) is 11.4 Å². The topological polar surface area (TPSA) is 220 Å². The summed E-state index contributed by atoms with van der Waals surface area (Å²) in [6.45, 7) is 6.94. The number of nitrogens with two attached hydrogens (primary N) is 1. The van der Waals surface area contributed by atoms with Gasteiger partial charge in [0.05, 0.1) is 23.3 Å². The van der Waals surface area contributed by atoms with Gasteiger partial charge in [-0.3, -0.25) is 24.8 Å². The number of carbonyl (C=O) groups excluding carboxylic acids is 2. The van der Waals surface area contributed by atoms with Gasteiger partial charge in [0.15, 0.2) is 17.3 Å². The van der Waals surface area contributed by atoms with Gasteiger partial charge in [0, 0.05) is 39.3 Å². The zero-order valence-electron chi connectivity index (χ0n) is 29.2. The van der Waals surface area contributed by atoms with Gasteiger partial charge in [0.25, 0.3) is 5.97 Å². The molecule has 0 saturated carbocycles. The molecule has 268 valence electrons. The third kappa shape index (κ3) is 11.5. The first-order valence-electron chi connectivity index (χ1n) is 15.4. The summed E-state index contributed by atoms with van der Waals surface area (Å²) in [5.74, 6) is -1.17. The summed E-state index contributed by atoms with van der Waals surface area (Å²) in [4.78, 5) is 46.9. The number of carbonyl (C=O) groups is 4. The van der Waals surface area contributed by atoms with Crippen molar-refractivity contribution in [3.63, 3.8) is 0 Å². The van der Waals surface area contributed by atoms with E-state index in [4.69, 9.17) is 30.5 Å². The molecular weight excluding hydrogens is 646 g/mol. The third-order valence-electron chi connectivity index (χ3n) is 6.90. The highest BCUT2D eigenvalue weighted by atomic mass is 16.5. The number of hydrogen-bond acceptors (Lipinski definition) is 10. The molecule has 0 aliphatic carbocycles. The van der Waals surface area contributed by atoms with Gasteiger partial charge in [-0.05, 0) is 74.9 Å². The molecule has 15 heteroatoms. The molecule has 3 aromatic carbocycles. The summed E-state index contributed by atoms with van der Waals surface area (Å²) in [6, 6.07) is 17.6. The van der Waals surface area contributed by atoms with Crippen LogP contribution in [-0.2, 0) is 14.4 Å². The molecule has 0 aliphatic heterocycles. The van der Waals surface area contributed by atoms with Gasteiger partial charge in [0.1, 0.15) is 18.5 Å². The van der Waals surface area contributed by atoms with Crippen molar-refractivity contribution in [1.29, 1.82) is 5.41 Å². The van der Waals surface area contributed by atoms with Gasteiger partial charge in [-0.25, -0.2) is 4.79 Å². The van der Waals surface area contributed by atoms with Crippen molar-refractivity contribution >= 4 is 47.3 Å². The van der Waals surface area contributed by atoms with Gasteiger partial charge in [-0.2, -0.15) is 5.10 Å². The van der Waals surface area contributed by atoms with E-state index in [1.54, 1.807) is 95.7 Å². The molecule has 0 aliphatic rings.